The highest BCUT2D eigenvalue weighted by molar-refractivity contribution is 5.78. The van der Waals surface area contributed by atoms with Crippen LogP contribution in [0.15, 0.2) is 24.3 Å². The number of carbonyl (C=O) groups excluding carboxylic acids is 1. The van der Waals surface area contributed by atoms with E-state index >= 15 is 0 Å². The van der Waals surface area contributed by atoms with E-state index in [4.69, 9.17) is 0 Å². The van der Waals surface area contributed by atoms with Gasteiger partial charge in [0, 0.05) is 6.54 Å². The highest BCUT2D eigenvalue weighted by Crippen LogP contribution is 2.09. The number of hydrogen-bond donors (Lipinski definition) is 2. The molecule has 0 spiro atoms. The Morgan fingerprint density at radius 3 is 3.11 bits per heavy atom. The second-order valence-corrected chi connectivity index (χ2v) is 5.18. The molecule has 0 bridgehead atoms. The van der Waals surface area contributed by atoms with Crippen molar-refractivity contribution in [2.45, 2.75) is 26.2 Å². The van der Waals surface area contributed by atoms with E-state index in [1.54, 1.807) is 0 Å². The van der Waals surface area contributed by atoms with Crippen molar-refractivity contribution in [3.8, 4) is 0 Å². The van der Waals surface area contributed by atoms with Crippen LogP contribution >= 0.6 is 0 Å². The molecule has 0 radical (unpaired) electrons. The van der Waals surface area contributed by atoms with Gasteiger partial charge >= 0.3 is 0 Å². The highest BCUT2D eigenvalue weighted by atomic mass is 16.1. The van der Waals surface area contributed by atoms with Gasteiger partial charge in [-0.05, 0) is 44.3 Å². The Morgan fingerprint density at radius 2 is 2.39 bits per heavy atom. The van der Waals surface area contributed by atoms with Gasteiger partial charge in [-0.1, -0.05) is 29.8 Å². The number of aryl methyl sites for hydroxylation is 1. The van der Waals surface area contributed by atoms with Crippen molar-refractivity contribution >= 4 is 5.91 Å². The summed E-state index contributed by atoms with van der Waals surface area (Å²) in [5.74, 6) is 0.728. The van der Waals surface area contributed by atoms with E-state index < -0.39 is 0 Å². The summed E-state index contributed by atoms with van der Waals surface area (Å²) in [6, 6.07) is 8.13. The van der Waals surface area contributed by atoms with Gasteiger partial charge in [-0.3, -0.25) is 4.79 Å². The molecule has 2 N–H and O–H groups in total. The molecule has 1 aliphatic rings. The first kappa shape index (κ1) is 13.1. The second kappa shape index (κ2) is 6.55. The van der Waals surface area contributed by atoms with E-state index in [1.807, 2.05) is 12.1 Å². The molecule has 98 valence electrons. The summed E-state index contributed by atoms with van der Waals surface area (Å²) in [5.41, 5.74) is 2.30. The van der Waals surface area contributed by atoms with Crippen LogP contribution in [0.4, 0.5) is 0 Å². The number of piperidine rings is 1. The lowest BCUT2D eigenvalue weighted by Crippen LogP contribution is -2.38. The van der Waals surface area contributed by atoms with E-state index in [9.17, 15) is 4.79 Å². The van der Waals surface area contributed by atoms with Crippen molar-refractivity contribution in [1.29, 1.82) is 0 Å². The van der Waals surface area contributed by atoms with Crippen molar-refractivity contribution in [2.75, 3.05) is 19.6 Å². The minimum absolute atomic E-state index is 0.131. The minimum atomic E-state index is 0.131. The Kier molecular flexibility index (Phi) is 4.76. The molecule has 1 aliphatic heterocycles. The molecule has 3 nitrogen and oxygen atoms in total. The second-order valence-electron chi connectivity index (χ2n) is 5.18. The fourth-order valence-electron chi connectivity index (χ4n) is 2.43. The van der Waals surface area contributed by atoms with Crippen molar-refractivity contribution < 1.29 is 4.79 Å². The van der Waals surface area contributed by atoms with Crippen molar-refractivity contribution in [3.63, 3.8) is 0 Å². The molecule has 0 aliphatic carbocycles. The molecule has 1 aromatic rings. The lowest BCUT2D eigenvalue weighted by molar-refractivity contribution is -0.120. The van der Waals surface area contributed by atoms with E-state index in [2.05, 4.69) is 29.7 Å². The van der Waals surface area contributed by atoms with E-state index in [0.29, 0.717) is 12.3 Å². The van der Waals surface area contributed by atoms with Crippen LogP contribution in [0, 0.1) is 12.8 Å². The van der Waals surface area contributed by atoms with Gasteiger partial charge < -0.3 is 10.6 Å². The molecule has 0 saturated carbocycles. The predicted molar refractivity (Wildman–Crippen MR) is 73.5 cm³/mol. The minimum Gasteiger partial charge on any atom is -0.355 e. The molecular weight excluding hydrogens is 224 g/mol. The molecule has 1 fully saturated rings. The van der Waals surface area contributed by atoms with Gasteiger partial charge in [0.1, 0.15) is 0 Å². The lowest BCUT2D eigenvalue weighted by atomic mass is 9.99. The van der Waals surface area contributed by atoms with Gasteiger partial charge in [-0.2, -0.15) is 0 Å². The van der Waals surface area contributed by atoms with Gasteiger partial charge in [0.2, 0.25) is 5.91 Å². The summed E-state index contributed by atoms with van der Waals surface area (Å²) in [6.07, 6.45) is 2.93. The fourth-order valence-corrected chi connectivity index (χ4v) is 2.43. The third-order valence-corrected chi connectivity index (χ3v) is 3.43. The van der Waals surface area contributed by atoms with Gasteiger partial charge in [0.05, 0.1) is 6.42 Å². The maximum Gasteiger partial charge on any atom is 0.224 e. The van der Waals surface area contributed by atoms with Crippen molar-refractivity contribution in [3.05, 3.63) is 35.4 Å². The zero-order valence-electron chi connectivity index (χ0n) is 11.0. The molecule has 0 unspecified atom stereocenters. The van der Waals surface area contributed by atoms with Crippen LogP contribution < -0.4 is 10.6 Å². The first-order chi connectivity index (χ1) is 8.74. The monoisotopic (exact) mass is 246 g/mol. The van der Waals surface area contributed by atoms with Crippen LogP contribution in [-0.4, -0.2) is 25.5 Å². The number of benzene rings is 1. The first-order valence-corrected chi connectivity index (χ1v) is 6.77. The normalized spacial score (nSPS) is 19.5. The predicted octanol–water partition coefficient (Wildman–Crippen LogP) is 1.65. The molecule has 3 heteroatoms. The summed E-state index contributed by atoms with van der Waals surface area (Å²) in [5, 5.41) is 6.41. The average molecular weight is 246 g/mol. The van der Waals surface area contributed by atoms with Crippen molar-refractivity contribution in [1.82, 2.24) is 10.6 Å². The topological polar surface area (TPSA) is 41.1 Å². The molecule has 1 amide bonds. The SMILES string of the molecule is Cc1cccc(CC(=O)NC[C@H]2CCCNC2)c1. The Labute approximate surface area is 109 Å². The maximum atomic E-state index is 11.8. The molecule has 1 saturated heterocycles. The van der Waals surface area contributed by atoms with Crippen LogP contribution in [0.3, 0.4) is 0 Å². The zero-order chi connectivity index (χ0) is 12.8. The summed E-state index contributed by atoms with van der Waals surface area (Å²) < 4.78 is 0. The van der Waals surface area contributed by atoms with Gasteiger partial charge in [-0.25, -0.2) is 0 Å². The van der Waals surface area contributed by atoms with Gasteiger partial charge in [-0.15, -0.1) is 0 Å². The quantitative estimate of drug-likeness (QED) is 0.848. The number of carbonyl (C=O) groups is 1. The molecular formula is C15H22N2O. The molecule has 1 heterocycles. The number of rotatable bonds is 4. The van der Waals surface area contributed by atoms with E-state index in [1.165, 1.54) is 18.4 Å². The number of nitrogens with one attached hydrogen (secondary N) is 2. The smallest absolute Gasteiger partial charge is 0.224 e. The zero-order valence-corrected chi connectivity index (χ0v) is 11.0. The molecule has 0 aromatic heterocycles. The Hall–Kier alpha value is -1.35. The van der Waals surface area contributed by atoms with Crippen LogP contribution in [0.1, 0.15) is 24.0 Å². The number of hydrogen-bond acceptors (Lipinski definition) is 2. The Balaban J connectivity index is 1.74. The first-order valence-electron chi connectivity index (χ1n) is 6.77. The van der Waals surface area contributed by atoms with Crippen LogP contribution in [0.5, 0.6) is 0 Å². The molecule has 2 rings (SSSR count). The average Bonchev–Trinajstić information content (AvgIpc) is 2.38. The van der Waals surface area contributed by atoms with E-state index in [-0.39, 0.29) is 5.91 Å². The summed E-state index contributed by atoms with van der Waals surface area (Å²) in [7, 11) is 0. The third kappa shape index (κ3) is 4.15. The summed E-state index contributed by atoms with van der Waals surface area (Å²) in [6.45, 7) is 5.01. The summed E-state index contributed by atoms with van der Waals surface area (Å²) >= 11 is 0. The Bertz CT molecular complexity index is 397. The molecule has 1 atom stereocenters. The molecule has 1 aromatic carbocycles. The third-order valence-electron chi connectivity index (χ3n) is 3.43. The maximum absolute atomic E-state index is 11.8. The molecule has 18 heavy (non-hydrogen) atoms. The van der Waals surface area contributed by atoms with E-state index in [0.717, 1.165) is 25.2 Å². The Morgan fingerprint density at radius 1 is 1.50 bits per heavy atom. The van der Waals surface area contributed by atoms with Crippen LogP contribution in [0.25, 0.3) is 0 Å². The standard InChI is InChI=1S/C15H22N2O/c1-12-4-2-5-13(8-12)9-15(18)17-11-14-6-3-7-16-10-14/h2,4-5,8,14,16H,3,6-7,9-11H2,1H3,(H,17,18)/t14-/m0/s1. The van der Waals surface area contributed by atoms with Crippen molar-refractivity contribution in [2.24, 2.45) is 5.92 Å². The van der Waals surface area contributed by atoms with Crippen LogP contribution in [-0.2, 0) is 11.2 Å². The van der Waals surface area contributed by atoms with Gasteiger partial charge in [0.25, 0.3) is 0 Å². The highest BCUT2D eigenvalue weighted by Gasteiger charge is 2.13. The lowest BCUT2D eigenvalue weighted by Gasteiger charge is -2.22. The van der Waals surface area contributed by atoms with Crippen LogP contribution in [0.2, 0.25) is 0 Å². The fraction of sp³-hybridized carbons (Fsp3) is 0.533. The summed E-state index contributed by atoms with van der Waals surface area (Å²) in [4.78, 5) is 11.8. The largest absolute Gasteiger partial charge is 0.355 e. The van der Waals surface area contributed by atoms with Gasteiger partial charge in [0.15, 0.2) is 0 Å². The number of amides is 1.